The second-order valence-electron chi connectivity index (χ2n) is 4.98. The molecule has 122 valence electrons. The van der Waals surface area contributed by atoms with Crippen LogP contribution in [-0.2, 0) is 0 Å². The maximum Gasteiger partial charge on any atom is 0.275 e. The summed E-state index contributed by atoms with van der Waals surface area (Å²) in [7, 11) is 0. The van der Waals surface area contributed by atoms with E-state index in [1.54, 1.807) is 24.4 Å². The lowest BCUT2D eigenvalue weighted by Gasteiger charge is -2.08. The van der Waals surface area contributed by atoms with Crippen molar-refractivity contribution in [2.75, 3.05) is 17.2 Å². The van der Waals surface area contributed by atoms with Gasteiger partial charge in [0.2, 0.25) is 0 Å². The second-order valence-corrected chi connectivity index (χ2v) is 5.76. The molecule has 0 unspecified atom stereocenters. The van der Waals surface area contributed by atoms with Crippen LogP contribution in [0.3, 0.4) is 0 Å². The molecule has 0 atom stereocenters. The summed E-state index contributed by atoms with van der Waals surface area (Å²) in [4.78, 5) is 20.5. The first-order valence-electron chi connectivity index (χ1n) is 7.43. The molecule has 1 aromatic heterocycles. The smallest absolute Gasteiger partial charge is 0.275 e. The summed E-state index contributed by atoms with van der Waals surface area (Å²) in [5, 5.41) is 6.51. The van der Waals surface area contributed by atoms with Crippen molar-refractivity contribution in [3.05, 3.63) is 46.3 Å². The average molecular weight is 353 g/mol. The number of hydrogen-bond acceptors (Lipinski definition) is 4. The number of nitrogens with one attached hydrogen (secondary N) is 2. The van der Waals surface area contributed by atoms with E-state index in [2.05, 4.69) is 27.5 Å². The summed E-state index contributed by atoms with van der Waals surface area (Å²) in [6.45, 7) is 2.99. The molecule has 5 nitrogen and oxygen atoms in total. The van der Waals surface area contributed by atoms with Crippen LogP contribution in [0.4, 0.5) is 11.5 Å². The number of halogens is 2. The molecule has 0 aliphatic rings. The van der Waals surface area contributed by atoms with E-state index < -0.39 is 0 Å². The maximum atomic E-state index is 12.2. The third-order valence-electron chi connectivity index (χ3n) is 3.17. The van der Waals surface area contributed by atoms with Crippen LogP contribution in [0.5, 0.6) is 0 Å². The molecule has 1 heterocycles. The van der Waals surface area contributed by atoms with Crippen molar-refractivity contribution >= 4 is 40.6 Å². The minimum atomic E-state index is -0.390. The highest BCUT2D eigenvalue weighted by molar-refractivity contribution is 6.44. The number of rotatable bonds is 7. The Kier molecular flexibility index (Phi) is 6.62. The Morgan fingerprint density at radius 1 is 1.17 bits per heavy atom. The lowest BCUT2D eigenvalue weighted by molar-refractivity contribution is 0.102. The van der Waals surface area contributed by atoms with Gasteiger partial charge in [0.25, 0.3) is 5.91 Å². The standard InChI is InChI=1S/C16H18Cl2N4O/c1-2-3-4-8-19-14-10-20-13(9-21-14)16(23)22-12-7-5-6-11(17)15(12)18/h5-7,9-10H,2-4,8H2,1H3,(H,19,21)(H,22,23). The fourth-order valence-corrected chi connectivity index (χ4v) is 2.26. The first-order chi connectivity index (χ1) is 11.1. The third-order valence-corrected chi connectivity index (χ3v) is 3.99. The number of benzene rings is 1. The first-order valence-corrected chi connectivity index (χ1v) is 8.18. The van der Waals surface area contributed by atoms with Crippen LogP contribution in [-0.4, -0.2) is 22.4 Å². The Morgan fingerprint density at radius 3 is 2.70 bits per heavy atom. The zero-order valence-corrected chi connectivity index (χ0v) is 14.3. The monoisotopic (exact) mass is 352 g/mol. The molecular formula is C16H18Cl2N4O. The highest BCUT2D eigenvalue weighted by Gasteiger charge is 2.11. The molecule has 1 aromatic carbocycles. The van der Waals surface area contributed by atoms with Crippen molar-refractivity contribution < 1.29 is 4.79 Å². The zero-order chi connectivity index (χ0) is 16.7. The summed E-state index contributed by atoms with van der Waals surface area (Å²) < 4.78 is 0. The van der Waals surface area contributed by atoms with Gasteiger partial charge in [0, 0.05) is 6.54 Å². The normalized spacial score (nSPS) is 10.4. The molecule has 0 aliphatic carbocycles. The fourth-order valence-electron chi connectivity index (χ4n) is 1.91. The molecular weight excluding hydrogens is 335 g/mol. The molecule has 0 spiro atoms. The SMILES string of the molecule is CCCCCNc1cnc(C(=O)Nc2cccc(Cl)c2Cl)cn1. The number of aromatic nitrogens is 2. The second kappa shape index (κ2) is 8.70. The average Bonchev–Trinajstić information content (AvgIpc) is 2.56. The minimum Gasteiger partial charge on any atom is -0.369 e. The van der Waals surface area contributed by atoms with Gasteiger partial charge in [-0.3, -0.25) is 4.79 Å². The van der Waals surface area contributed by atoms with Crippen LogP contribution < -0.4 is 10.6 Å². The molecule has 0 fully saturated rings. The van der Waals surface area contributed by atoms with Crippen molar-refractivity contribution in [2.45, 2.75) is 26.2 Å². The van der Waals surface area contributed by atoms with Gasteiger partial charge < -0.3 is 10.6 Å². The van der Waals surface area contributed by atoms with Gasteiger partial charge in [0.1, 0.15) is 11.5 Å². The summed E-state index contributed by atoms with van der Waals surface area (Å²) in [5.41, 5.74) is 0.646. The number of carbonyl (C=O) groups excluding carboxylic acids is 1. The Labute approximate surface area is 145 Å². The minimum absolute atomic E-state index is 0.208. The van der Waals surface area contributed by atoms with Gasteiger partial charge in [-0.1, -0.05) is 49.0 Å². The molecule has 23 heavy (non-hydrogen) atoms. The van der Waals surface area contributed by atoms with Crippen molar-refractivity contribution in [1.82, 2.24) is 9.97 Å². The molecule has 0 bridgehead atoms. The molecule has 0 saturated heterocycles. The van der Waals surface area contributed by atoms with Crippen molar-refractivity contribution in [3.8, 4) is 0 Å². The third kappa shape index (κ3) is 5.08. The first kappa shape index (κ1) is 17.5. The molecule has 0 radical (unpaired) electrons. The van der Waals surface area contributed by atoms with E-state index in [4.69, 9.17) is 23.2 Å². The van der Waals surface area contributed by atoms with E-state index in [-0.39, 0.29) is 11.6 Å². The maximum absolute atomic E-state index is 12.2. The van der Waals surface area contributed by atoms with Gasteiger partial charge in [0.15, 0.2) is 0 Å². The fraction of sp³-hybridized carbons (Fsp3) is 0.312. The van der Waals surface area contributed by atoms with E-state index >= 15 is 0 Å². The van der Waals surface area contributed by atoms with Gasteiger partial charge in [-0.05, 0) is 18.6 Å². The highest BCUT2D eigenvalue weighted by atomic mass is 35.5. The molecule has 7 heteroatoms. The predicted octanol–water partition coefficient (Wildman–Crippen LogP) is 4.64. The lowest BCUT2D eigenvalue weighted by Crippen LogP contribution is -2.15. The molecule has 2 rings (SSSR count). The number of nitrogens with zero attached hydrogens (tertiary/aromatic N) is 2. The topological polar surface area (TPSA) is 66.9 Å². The van der Waals surface area contributed by atoms with Crippen LogP contribution >= 0.6 is 23.2 Å². The van der Waals surface area contributed by atoms with Gasteiger partial charge in [-0.15, -0.1) is 0 Å². The Hall–Kier alpha value is -1.85. The van der Waals surface area contributed by atoms with Gasteiger partial charge in [0.05, 0.1) is 28.1 Å². The molecule has 2 aromatic rings. The van der Waals surface area contributed by atoms with Crippen LogP contribution in [0.2, 0.25) is 10.0 Å². The van der Waals surface area contributed by atoms with E-state index in [1.165, 1.54) is 19.0 Å². The van der Waals surface area contributed by atoms with E-state index in [0.717, 1.165) is 13.0 Å². The Balaban J connectivity index is 1.96. The van der Waals surface area contributed by atoms with E-state index in [1.807, 2.05) is 0 Å². The van der Waals surface area contributed by atoms with Gasteiger partial charge >= 0.3 is 0 Å². The lowest BCUT2D eigenvalue weighted by atomic mass is 10.2. The largest absolute Gasteiger partial charge is 0.369 e. The summed E-state index contributed by atoms with van der Waals surface area (Å²) >= 11 is 12.0. The molecule has 1 amide bonds. The van der Waals surface area contributed by atoms with Crippen molar-refractivity contribution in [1.29, 1.82) is 0 Å². The summed E-state index contributed by atoms with van der Waals surface area (Å²) in [6.07, 6.45) is 6.38. The van der Waals surface area contributed by atoms with Crippen LogP contribution in [0.1, 0.15) is 36.7 Å². The molecule has 0 saturated carbocycles. The van der Waals surface area contributed by atoms with Crippen LogP contribution in [0.15, 0.2) is 30.6 Å². The highest BCUT2D eigenvalue weighted by Crippen LogP contribution is 2.29. The molecule has 0 aliphatic heterocycles. The number of hydrogen-bond donors (Lipinski definition) is 2. The number of unbranched alkanes of at least 4 members (excludes halogenated alkanes) is 2. The summed E-state index contributed by atoms with van der Waals surface area (Å²) in [6, 6.07) is 5.03. The number of anilines is 2. The van der Waals surface area contributed by atoms with Crippen molar-refractivity contribution in [3.63, 3.8) is 0 Å². The predicted molar refractivity (Wildman–Crippen MR) is 94.5 cm³/mol. The Bertz CT molecular complexity index is 662. The number of amides is 1. The van der Waals surface area contributed by atoms with E-state index in [9.17, 15) is 4.79 Å². The van der Waals surface area contributed by atoms with Crippen molar-refractivity contribution in [2.24, 2.45) is 0 Å². The van der Waals surface area contributed by atoms with Gasteiger partial charge in [-0.2, -0.15) is 0 Å². The molecule has 2 N–H and O–H groups in total. The summed E-state index contributed by atoms with van der Waals surface area (Å²) in [5.74, 6) is 0.262. The van der Waals surface area contributed by atoms with Gasteiger partial charge in [-0.25, -0.2) is 9.97 Å². The number of carbonyl (C=O) groups is 1. The zero-order valence-electron chi connectivity index (χ0n) is 12.8. The van der Waals surface area contributed by atoms with Crippen LogP contribution in [0.25, 0.3) is 0 Å². The van der Waals surface area contributed by atoms with E-state index in [0.29, 0.717) is 21.6 Å². The quantitative estimate of drug-likeness (QED) is 0.712. The Morgan fingerprint density at radius 2 is 2.00 bits per heavy atom. The van der Waals surface area contributed by atoms with Crippen LogP contribution in [0, 0.1) is 0 Å².